The van der Waals surface area contributed by atoms with Gasteiger partial charge in [-0.05, 0) is 66.2 Å². The number of benzene rings is 1. The minimum absolute atomic E-state index is 0.0462. The summed E-state index contributed by atoms with van der Waals surface area (Å²) in [5.41, 5.74) is 3.91. The number of nitrogens with zero attached hydrogens (tertiary/aromatic N) is 6. The Kier molecular flexibility index (Phi) is 5.82. The van der Waals surface area contributed by atoms with Gasteiger partial charge in [-0.2, -0.15) is 0 Å². The molecule has 2 aromatic heterocycles. The third-order valence-electron chi connectivity index (χ3n) is 7.53. The summed E-state index contributed by atoms with van der Waals surface area (Å²) >= 11 is 0. The Bertz CT molecular complexity index is 1150. The molecule has 1 saturated heterocycles. The number of hydrogen-bond donors (Lipinski definition) is 1. The normalized spacial score (nSPS) is 19.7. The number of aromatic amines is 1. The Hall–Kier alpha value is -2.58. The van der Waals surface area contributed by atoms with Crippen molar-refractivity contribution in [3.05, 3.63) is 51.1 Å². The van der Waals surface area contributed by atoms with Gasteiger partial charge in [0.05, 0.1) is 11.6 Å². The highest BCUT2D eigenvalue weighted by Crippen LogP contribution is 2.34. The molecule has 0 amide bonds. The van der Waals surface area contributed by atoms with Crippen LogP contribution in [-0.2, 0) is 0 Å². The van der Waals surface area contributed by atoms with Crippen LogP contribution in [0.3, 0.4) is 0 Å². The molecule has 1 saturated carbocycles. The molecule has 2 aliphatic rings. The second-order valence-electron chi connectivity index (χ2n) is 9.32. The first-order valence-electron chi connectivity index (χ1n) is 11.9. The van der Waals surface area contributed by atoms with Gasteiger partial charge in [-0.15, -0.1) is 5.10 Å². The first-order valence-corrected chi connectivity index (χ1v) is 11.9. The van der Waals surface area contributed by atoms with Crippen molar-refractivity contribution in [1.82, 2.24) is 35.0 Å². The van der Waals surface area contributed by atoms with Crippen LogP contribution in [-0.4, -0.2) is 67.7 Å². The topological polar surface area (TPSA) is 82.9 Å². The van der Waals surface area contributed by atoms with Crippen molar-refractivity contribution in [3.8, 4) is 0 Å². The predicted octanol–water partition coefficient (Wildman–Crippen LogP) is 2.97. The van der Waals surface area contributed by atoms with Crippen LogP contribution in [0.2, 0.25) is 0 Å². The largest absolute Gasteiger partial charge is 0.321 e. The average molecular weight is 436 g/mol. The number of hydrogen-bond acceptors (Lipinski definition) is 6. The number of rotatable bonds is 5. The molecular formula is C24H33N7O. The molecule has 8 nitrogen and oxygen atoms in total. The number of aromatic nitrogens is 5. The van der Waals surface area contributed by atoms with Gasteiger partial charge in [0.15, 0.2) is 5.82 Å². The molecule has 1 aliphatic carbocycles. The minimum Gasteiger partial charge on any atom is -0.321 e. The molecule has 0 bridgehead atoms. The van der Waals surface area contributed by atoms with E-state index in [4.69, 9.17) is 0 Å². The zero-order valence-electron chi connectivity index (χ0n) is 19.3. The fraction of sp³-hybridized carbons (Fsp3) is 0.583. The highest BCUT2D eigenvalue weighted by Gasteiger charge is 2.34. The quantitative estimate of drug-likeness (QED) is 0.663. The maximum absolute atomic E-state index is 13.5. The third-order valence-corrected chi connectivity index (χ3v) is 7.53. The summed E-state index contributed by atoms with van der Waals surface area (Å²) in [6.07, 6.45) is 4.61. The Morgan fingerprint density at radius 1 is 1.12 bits per heavy atom. The van der Waals surface area contributed by atoms with Gasteiger partial charge in [-0.25, -0.2) is 4.68 Å². The van der Waals surface area contributed by atoms with Crippen molar-refractivity contribution in [2.24, 2.45) is 0 Å². The van der Waals surface area contributed by atoms with Crippen LogP contribution < -0.4 is 5.56 Å². The average Bonchev–Trinajstić information content (AvgIpc) is 3.50. The van der Waals surface area contributed by atoms with Crippen molar-refractivity contribution in [1.29, 1.82) is 0 Å². The smallest absolute Gasteiger partial charge is 0.253 e. The van der Waals surface area contributed by atoms with E-state index in [9.17, 15) is 4.79 Å². The van der Waals surface area contributed by atoms with Gasteiger partial charge in [0.1, 0.15) is 6.04 Å². The van der Waals surface area contributed by atoms with Crippen LogP contribution in [0.5, 0.6) is 0 Å². The number of fused-ring (bicyclic) bond motifs is 1. The zero-order valence-corrected chi connectivity index (χ0v) is 19.3. The summed E-state index contributed by atoms with van der Waals surface area (Å²) in [5.74, 6) is 0.801. The zero-order chi connectivity index (χ0) is 22.2. The molecule has 32 heavy (non-hydrogen) atoms. The Morgan fingerprint density at radius 3 is 2.59 bits per heavy atom. The number of H-pyrrole nitrogens is 1. The lowest BCUT2D eigenvalue weighted by atomic mass is 9.99. The van der Waals surface area contributed by atoms with E-state index in [-0.39, 0.29) is 11.6 Å². The van der Waals surface area contributed by atoms with Crippen LogP contribution in [0.1, 0.15) is 67.2 Å². The van der Waals surface area contributed by atoms with E-state index >= 15 is 0 Å². The van der Waals surface area contributed by atoms with Gasteiger partial charge < -0.3 is 9.88 Å². The summed E-state index contributed by atoms with van der Waals surface area (Å²) in [5, 5.41) is 14.0. The molecule has 5 rings (SSSR count). The molecule has 1 aliphatic heterocycles. The molecule has 1 unspecified atom stereocenters. The van der Waals surface area contributed by atoms with Gasteiger partial charge in [-0.1, -0.05) is 31.9 Å². The second kappa shape index (κ2) is 8.75. The van der Waals surface area contributed by atoms with Crippen molar-refractivity contribution in [3.63, 3.8) is 0 Å². The molecule has 0 spiro atoms. The molecule has 1 atom stereocenters. The van der Waals surface area contributed by atoms with Crippen molar-refractivity contribution in [2.75, 3.05) is 32.7 Å². The standard InChI is InChI=1S/C24H33N7O/c1-4-29-11-13-30(14-12-29)22(23-26-27-28-31(23)19-7-5-6-8-19)20-15-18-10-9-16(2)17(3)21(18)25-24(20)32/h9-10,15,19,22H,4-8,11-14H2,1-3H3,(H,25,32). The van der Waals surface area contributed by atoms with E-state index in [1.54, 1.807) is 0 Å². The predicted molar refractivity (Wildman–Crippen MR) is 125 cm³/mol. The number of aryl methyl sites for hydroxylation is 2. The number of tetrazole rings is 1. The van der Waals surface area contributed by atoms with Gasteiger partial charge in [0, 0.05) is 31.7 Å². The summed E-state index contributed by atoms with van der Waals surface area (Å²) in [4.78, 5) is 21.5. The van der Waals surface area contributed by atoms with E-state index in [1.165, 1.54) is 18.4 Å². The molecule has 170 valence electrons. The summed E-state index contributed by atoms with van der Waals surface area (Å²) in [6.45, 7) is 11.1. The van der Waals surface area contributed by atoms with Gasteiger partial charge in [0.25, 0.3) is 5.56 Å². The molecular weight excluding hydrogens is 402 g/mol. The molecule has 8 heteroatoms. The number of piperazine rings is 1. The lowest BCUT2D eigenvalue weighted by Crippen LogP contribution is -2.49. The first-order chi connectivity index (χ1) is 15.6. The van der Waals surface area contributed by atoms with Crippen LogP contribution in [0.15, 0.2) is 23.0 Å². The molecule has 1 N–H and O–H groups in total. The van der Waals surface area contributed by atoms with E-state index < -0.39 is 0 Å². The monoisotopic (exact) mass is 435 g/mol. The molecule has 1 aromatic carbocycles. The molecule has 2 fully saturated rings. The Morgan fingerprint density at radius 2 is 1.88 bits per heavy atom. The highest BCUT2D eigenvalue weighted by atomic mass is 16.1. The van der Waals surface area contributed by atoms with E-state index in [0.29, 0.717) is 6.04 Å². The van der Waals surface area contributed by atoms with Crippen LogP contribution in [0.25, 0.3) is 10.9 Å². The van der Waals surface area contributed by atoms with Crippen molar-refractivity contribution >= 4 is 10.9 Å². The molecule has 3 heterocycles. The van der Waals surface area contributed by atoms with E-state index in [1.807, 2.05) is 4.68 Å². The number of pyridine rings is 1. The maximum Gasteiger partial charge on any atom is 0.253 e. The maximum atomic E-state index is 13.5. The van der Waals surface area contributed by atoms with E-state index in [0.717, 1.165) is 73.4 Å². The van der Waals surface area contributed by atoms with Crippen LogP contribution in [0.4, 0.5) is 0 Å². The Balaban J connectivity index is 1.63. The lowest BCUT2D eigenvalue weighted by molar-refractivity contribution is 0.107. The fourth-order valence-electron chi connectivity index (χ4n) is 5.37. The van der Waals surface area contributed by atoms with Crippen molar-refractivity contribution in [2.45, 2.75) is 58.5 Å². The highest BCUT2D eigenvalue weighted by molar-refractivity contribution is 5.83. The minimum atomic E-state index is -0.251. The second-order valence-corrected chi connectivity index (χ2v) is 9.32. The molecule has 0 radical (unpaired) electrons. The van der Waals surface area contributed by atoms with Crippen LogP contribution in [0, 0.1) is 13.8 Å². The fourth-order valence-corrected chi connectivity index (χ4v) is 5.37. The van der Waals surface area contributed by atoms with Crippen molar-refractivity contribution < 1.29 is 0 Å². The van der Waals surface area contributed by atoms with Crippen LogP contribution >= 0.6 is 0 Å². The van der Waals surface area contributed by atoms with E-state index in [2.05, 4.69) is 69.3 Å². The number of likely N-dealkylation sites (N-methyl/N-ethyl adjacent to an activating group) is 1. The molecule has 3 aromatic rings. The summed E-state index contributed by atoms with van der Waals surface area (Å²) in [7, 11) is 0. The summed E-state index contributed by atoms with van der Waals surface area (Å²) < 4.78 is 2.01. The lowest BCUT2D eigenvalue weighted by Gasteiger charge is -2.38. The first kappa shape index (κ1) is 21.3. The van der Waals surface area contributed by atoms with Gasteiger partial charge in [-0.3, -0.25) is 9.69 Å². The SMILES string of the molecule is CCN1CCN(C(c2cc3ccc(C)c(C)c3[nH]c2=O)c2nnnn2C2CCCC2)CC1. The Labute approximate surface area is 188 Å². The van der Waals surface area contributed by atoms with Gasteiger partial charge >= 0.3 is 0 Å². The number of nitrogens with one attached hydrogen (secondary N) is 1. The summed E-state index contributed by atoms with van der Waals surface area (Å²) in [6, 6.07) is 6.36. The van der Waals surface area contributed by atoms with Gasteiger partial charge in [0.2, 0.25) is 0 Å². The third kappa shape index (κ3) is 3.75.